The maximum atomic E-state index is 13.5. The van der Waals surface area contributed by atoms with Gasteiger partial charge < -0.3 is 19.9 Å². The van der Waals surface area contributed by atoms with Crippen LogP contribution in [0.5, 0.6) is 17.2 Å². The summed E-state index contributed by atoms with van der Waals surface area (Å²) in [7, 11) is 4.57. The molecule has 1 aliphatic heterocycles. The average Bonchev–Trinajstić information content (AvgIpc) is 3.29. The monoisotopic (exact) mass is 516 g/mol. The van der Waals surface area contributed by atoms with E-state index < -0.39 is 5.92 Å². The maximum absolute atomic E-state index is 13.5. The lowest BCUT2D eigenvalue weighted by Gasteiger charge is -2.39. The second-order valence-electron chi connectivity index (χ2n) is 9.28. The molecule has 9 heteroatoms. The molecule has 190 valence electrons. The highest BCUT2D eigenvalue weighted by Crippen LogP contribution is 2.51. The van der Waals surface area contributed by atoms with Crippen molar-refractivity contribution in [2.24, 2.45) is 5.73 Å². The molecule has 2 heterocycles. The summed E-state index contributed by atoms with van der Waals surface area (Å²) in [5, 5.41) is 21.2. The van der Waals surface area contributed by atoms with Gasteiger partial charge in [0.1, 0.15) is 16.9 Å². The number of aryl methyl sites for hydroxylation is 1. The van der Waals surface area contributed by atoms with E-state index in [1.54, 1.807) is 23.5 Å². The molecule has 1 aromatic heterocycles. The van der Waals surface area contributed by atoms with Gasteiger partial charge in [0, 0.05) is 22.6 Å². The third-order valence-corrected chi connectivity index (χ3v) is 8.68. The standard InChI is InChI=1S/C28H28N4O4S/c1-34-21-11-15(12-22(35-2)26(21)36-3)24-18(14-30)27(31)32(19-8-6-9-20(33)25(19)24)28-17(13-29)16-7-4-5-10-23(16)37-28/h11-12,24H,4-10,31H2,1-3H3. The molecule has 2 aliphatic carbocycles. The number of nitrogens with two attached hydrogens (primary N) is 1. The van der Waals surface area contributed by atoms with Crippen LogP contribution in [0.4, 0.5) is 5.00 Å². The fourth-order valence-electron chi connectivity index (χ4n) is 5.74. The van der Waals surface area contributed by atoms with Crippen molar-refractivity contribution in [1.29, 1.82) is 10.5 Å². The highest BCUT2D eigenvalue weighted by Gasteiger charge is 2.42. The molecule has 0 saturated heterocycles. The summed E-state index contributed by atoms with van der Waals surface area (Å²) >= 11 is 1.56. The van der Waals surface area contributed by atoms with Crippen LogP contribution in [0, 0.1) is 22.7 Å². The van der Waals surface area contributed by atoms with Crippen molar-refractivity contribution >= 4 is 22.1 Å². The van der Waals surface area contributed by atoms with E-state index in [1.165, 1.54) is 26.2 Å². The normalized spacial score (nSPS) is 19.1. The van der Waals surface area contributed by atoms with Gasteiger partial charge in [-0.25, -0.2) is 0 Å². The highest BCUT2D eigenvalue weighted by atomic mass is 32.1. The second kappa shape index (κ2) is 9.84. The Labute approximate surface area is 220 Å². The van der Waals surface area contributed by atoms with Crippen LogP contribution < -0.4 is 24.8 Å². The van der Waals surface area contributed by atoms with Gasteiger partial charge in [-0.05, 0) is 61.8 Å². The number of ether oxygens (including phenoxy) is 3. The second-order valence-corrected chi connectivity index (χ2v) is 10.4. The van der Waals surface area contributed by atoms with E-state index >= 15 is 0 Å². The molecule has 0 spiro atoms. The summed E-state index contributed by atoms with van der Waals surface area (Å²) in [6, 6.07) is 8.23. The van der Waals surface area contributed by atoms with Crippen molar-refractivity contribution in [3.63, 3.8) is 0 Å². The van der Waals surface area contributed by atoms with E-state index in [9.17, 15) is 15.3 Å². The van der Waals surface area contributed by atoms with Crippen LogP contribution in [-0.2, 0) is 17.6 Å². The van der Waals surface area contributed by atoms with Gasteiger partial charge in [-0.3, -0.25) is 9.69 Å². The van der Waals surface area contributed by atoms with Crippen molar-refractivity contribution in [1.82, 2.24) is 0 Å². The number of rotatable bonds is 5. The number of thiophene rings is 1. The van der Waals surface area contributed by atoms with Crippen molar-refractivity contribution in [2.75, 3.05) is 26.2 Å². The Balaban J connectivity index is 1.77. The smallest absolute Gasteiger partial charge is 0.203 e. The Hall–Kier alpha value is -3.95. The number of nitrogens with zero attached hydrogens (tertiary/aromatic N) is 3. The summed E-state index contributed by atoms with van der Waals surface area (Å²) in [6.07, 6.45) is 5.60. The van der Waals surface area contributed by atoms with Crippen LogP contribution >= 0.6 is 11.3 Å². The maximum Gasteiger partial charge on any atom is 0.203 e. The van der Waals surface area contributed by atoms with Crippen LogP contribution in [-0.4, -0.2) is 27.1 Å². The topological polar surface area (TPSA) is 122 Å². The Morgan fingerprint density at radius 2 is 1.68 bits per heavy atom. The lowest BCUT2D eigenvalue weighted by molar-refractivity contribution is -0.116. The molecule has 0 saturated carbocycles. The number of allylic oxidation sites excluding steroid dienone is 3. The summed E-state index contributed by atoms with van der Waals surface area (Å²) in [6.45, 7) is 0. The molecule has 0 radical (unpaired) electrons. The molecule has 0 amide bonds. The minimum Gasteiger partial charge on any atom is -0.493 e. The largest absolute Gasteiger partial charge is 0.493 e. The number of ketones is 1. The molecule has 2 aromatic rings. The Morgan fingerprint density at radius 1 is 0.973 bits per heavy atom. The molecule has 37 heavy (non-hydrogen) atoms. The number of hydrogen-bond donors (Lipinski definition) is 1. The highest BCUT2D eigenvalue weighted by molar-refractivity contribution is 7.16. The van der Waals surface area contributed by atoms with E-state index in [0.29, 0.717) is 58.2 Å². The van der Waals surface area contributed by atoms with E-state index in [-0.39, 0.29) is 17.2 Å². The first-order valence-corrected chi connectivity index (χ1v) is 13.1. The fraction of sp³-hybridized carbons (Fsp3) is 0.393. The number of Topliss-reactive ketones (excluding diaryl/α,β-unsaturated/α-hetero) is 1. The van der Waals surface area contributed by atoms with Crippen molar-refractivity contribution in [2.45, 2.75) is 50.9 Å². The third kappa shape index (κ3) is 3.82. The number of hydrogen-bond acceptors (Lipinski definition) is 9. The third-order valence-electron chi connectivity index (χ3n) is 7.40. The molecule has 1 aromatic carbocycles. The fourth-order valence-corrected chi connectivity index (χ4v) is 7.12. The summed E-state index contributed by atoms with van der Waals surface area (Å²) in [4.78, 5) is 16.5. The van der Waals surface area contributed by atoms with Gasteiger partial charge in [-0.2, -0.15) is 10.5 Å². The molecule has 1 unspecified atom stereocenters. The number of fused-ring (bicyclic) bond motifs is 1. The molecule has 1 atom stereocenters. The first-order chi connectivity index (χ1) is 18.0. The van der Waals surface area contributed by atoms with Crippen molar-refractivity contribution in [3.05, 3.63) is 56.4 Å². The molecule has 0 bridgehead atoms. The Bertz CT molecular complexity index is 1410. The zero-order valence-electron chi connectivity index (χ0n) is 21.1. The van der Waals surface area contributed by atoms with Gasteiger partial charge in [0.05, 0.1) is 44.5 Å². The van der Waals surface area contributed by atoms with Crippen molar-refractivity contribution in [3.8, 4) is 29.4 Å². The van der Waals surface area contributed by atoms with E-state index in [0.717, 1.165) is 36.9 Å². The van der Waals surface area contributed by atoms with Crippen LogP contribution in [0.3, 0.4) is 0 Å². The van der Waals surface area contributed by atoms with Crippen LogP contribution in [0.15, 0.2) is 34.8 Å². The first-order valence-electron chi connectivity index (χ1n) is 12.3. The SMILES string of the molecule is COc1cc(C2C(C#N)=C(N)N(c3sc4c(c3C#N)CCCC4)C3=C2C(=O)CCC3)cc(OC)c1OC. The van der Waals surface area contributed by atoms with Gasteiger partial charge in [-0.15, -0.1) is 11.3 Å². The van der Waals surface area contributed by atoms with Gasteiger partial charge >= 0.3 is 0 Å². The van der Waals surface area contributed by atoms with E-state index in [2.05, 4.69) is 12.1 Å². The molecule has 2 N–H and O–H groups in total. The number of anilines is 1. The lowest BCUT2D eigenvalue weighted by atomic mass is 9.75. The van der Waals surface area contributed by atoms with Gasteiger partial charge in [-0.1, -0.05) is 0 Å². The Kier molecular flexibility index (Phi) is 6.57. The molecule has 8 nitrogen and oxygen atoms in total. The summed E-state index contributed by atoms with van der Waals surface area (Å²) in [5.41, 5.74) is 10.7. The molecule has 3 aliphatic rings. The van der Waals surface area contributed by atoms with Crippen LogP contribution in [0.2, 0.25) is 0 Å². The molecular weight excluding hydrogens is 488 g/mol. The van der Waals surface area contributed by atoms with Gasteiger partial charge in [0.25, 0.3) is 0 Å². The number of methoxy groups -OCH3 is 3. The van der Waals surface area contributed by atoms with Crippen molar-refractivity contribution < 1.29 is 19.0 Å². The van der Waals surface area contributed by atoms with E-state index in [1.807, 2.05) is 4.90 Å². The summed E-state index contributed by atoms with van der Waals surface area (Å²) < 4.78 is 16.6. The molecule has 5 rings (SSSR count). The zero-order valence-corrected chi connectivity index (χ0v) is 22.0. The van der Waals surface area contributed by atoms with Gasteiger partial charge in [0.2, 0.25) is 5.75 Å². The number of nitriles is 2. The van der Waals surface area contributed by atoms with Crippen LogP contribution in [0.25, 0.3) is 0 Å². The predicted octanol–water partition coefficient (Wildman–Crippen LogP) is 4.83. The van der Waals surface area contributed by atoms with Gasteiger partial charge in [0.15, 0.2) is 17.3 Å². The van der Waals surface area contributed by atoms with Crippen LogP contribution in [0.1, 0.15) is 59.6 Å². The Morgan fingerprint density at radius 3 is 2.30 bits per heavy atom. The first kappa shape index (κ1) is 24.7. The predicted molar refractivity (Wildman–Crippen MR) is 140 cm³/mol. The minimum atomic E-state index is -0.683. The summed E-state index contributed by atoms with van der Waals surface area (Å²) in [5.74, 6) is 0.831. The quantitative estimate of drug-likeness (QED) is 0.600. The number of carbonyl (C=O) groups is 1. The number of carbonyl (C=O) groups excluding carboxylic acids is 1. The number of benzene rings is 1. The lowest BCUT2D eigenvalue weighted by Crippen LogP contribution is -2.38. The zero-order chi connectivity index (χ0) is 26.3. The minimum absolute atomic E-state index is 0.0231. The average molecular weight is 517 g/mol. The molecule has 0 fully saturated rings. The molecular formula is C28H28N4O4S. The van der Waals surface area contributed by atoms with E-state index in [4.69, 9.17) is 19.9 Å².